The van der Waals surface area contributed by atoms with E-state index in [0.29, 0.717) is 29.0 Å². The van der Waals surface area contributed by atoms with Gasteiger partial charge in [0.1, 0.15) is 11.5 Å². The average molecular weight is 252 g/mol. The van der Waals surface area contributed by atoms with Crippen LogP contribution in [0.4, 0.5) is 0 Å². The third-order valence-electron chi connectivity index (χ3n) is 2.24. The molecule has 90 valence electrons. The highest BCUT2D eigenvalue weighted by molar-refractivity contribution is 7.79. The Labute approximate surface area is 104 Å². The number of nitrogens with zero attached hydrogens (tertiary/aromatic N) is 2. The summed E-state index contributed by atoms with van der Waals surface area (Å²) in [6.07, 6.45) is 0. The first kappa shape index (κ1) is 11.8. The first-order valence-electron chi connectivity index (χ1n) is 4.94. The highest BCUT2D eigenvalue weighted by Crippen LogP contribution is 2.32. The number of rotatable bonds is 4. The smallest absolute Gasteiger partial charge is 0.251 e. The zero-order chi connectivity index (χ0) is 12.3. The van der Waals surface area contributed by atoms with Crippen LogP contribution >= 0.6 is 12.6 Å². The lowest BCUT2D eigenvalue weighted by Crippen LogP contribution is -1.90. The topological polar surface area (TPSA) is 57.4 Å². The Bertz CT molecular complexity index is 513. The minimum atomic E-state index is 0.408. The Kier molecular flexibility index (Phi) is 3.53. The van der Waals surface area contributed by atoms with Gasteiger partial charge >= 0.3 is 0 Å². The Hall–Kier alpha value is -1.69. The molecular weight excluding hydrogens is 240 g/mol. The molecule has 0 spiro atoms. The van der Waals surface area contributed by atoms with Crippen molar-refractivity contribution in [2.75, 3.05) is 14.2 Å². The third-order valence-corrected chi connectivity index (χ3v) is 2.51. The third kappa shape index (κ3) is 2.36. The maximum absolute atomic E-state index is 5.42. The lowest BCUT2D eigenvalue weighted by Gasteiger charge is -2.07. The molecule has 1 aromatic heterocycles. The van der Waals surface area contributed by atoms with Crippen molar-refractivity contribution in [3.63, 3.8) is 0 Å². The molecule has 6 heteroatoms. The Balaban J connectivity index is 2.43. The lowest BCUT2D eigenvalue weighted by molar-refractivity contribution is 0.394. The largest absolute Gasteiger partial charge is 0.497 e. The maximum atomic E-state index is 5.42. The molecule has 0 aliphatic carbocycles. The summed E-state index contributed by atoms with van der Waals surface area (Å²) in [5, 5.41) is 7.78. The van der Waals surface area contributed by atoms with E-state index in [1.807, 2.05) is 12.1 Å². The van der Waals surface area contributed by atoms with Crippen LogP contribution in [0.15, 0.2) is 22.6 Å². The molecule has 0 amide bonds. The molecule has 0 unspecified atom stereocenters. The zero-order valence-corrected chi connectivity index (χ0v) is 10.4. The molecule has 0 aliphatic rings. The van der Waals surface area contributed by atoms with Crippen molar-refractivity contribution in [1.82, 2.24) is 10.2 Å². The molecule has 5 nitrogen and oxygen atoms in total. The molecule has 0 aliphatic heterocycles. The van der Waals surface area contributed by atoms with E-state index in [0.717, 1.165) is 5.56 Å². The SMILES string of the molecule is COc1ccc(-c2nnc(CS)o2)c(OC)c1. The molecule has 0 saturated heterocycles. The molecular formula is C11H12N2O3S. The number of aromatic nitrogens is 2. The summed E-state index contributed by atoms with van der Waals surface area (Å²) in [4.78, 5) is 0. The van der Waals surface area contributed by atoms with Crippen LogP contribution < -0.4 is 9.47 Å². The van der Waals surface area contributed by atoms with Gasteiger partial charge in [-0.05, 0) is 12.1 Å². The fraction of sp³-hybridized carbons (Fsp3) is 0.273. The van der Waals surface area contributed by atoms with Crippen molar-refractivity contribution in [3.05, 3.63) is 24.1 Å². The summed E-state index contributed by atoms with van der Waals surface area (Å²) < 4.78 is 15.8. The van der Waals surface area contributed by atoms with Gasteiger partial charge in [0.15, 0.2) is 0 Å². The minimum Gasteiger partial charge on any atom is -0.497 e. The standard InChI is InChI=1S/C11H12N2O3S/c1-14-7-3-4-8(9(5-7)15-2)11-13-12-10(6-17)16-11/h3-5,17H,6H2,1-2H3. The Morgan fingerprint density at radius 2 is 2.06 bits per heavy atom. The molecule has 1 aromatic carbocycles. The van der Waals surface area contributed by atoms with Gasteiger partial charge in [-0.25, -0.2) is 0 Å². The van der Waals surface area contributed by atoms with Gasteiger partial charge in [0, 0.05) is 6.07 Å². The summed E-state index contributed by atoms with van der Waals surface area (Å²) in [7, 11) is 3.17. The molecule has 0 radical (unpaired) electrons. The van der Waals surface area contributed by atoms with E-state index in [1.54, 1.807) is 20.3 Å². The zero-order valence-electron chi connectivity index (χ0n) is 9.51. The highest BCUT2D eigenvalue weighted by Gasteiger charge is 2.13. The summed E-state index contributed by atoms with van der Waals surface area (Å²) in [6, 6.07) is 5.38. The molecule has 0 N–H and O–H groups in total. The normalized spacial score (nSPS) is 10.3. The van der Waals surface area contributed by atoms with Gasteiger partial charge in [0.25, 0.3) is 5.89 Å². The molecule has 0 atom stereocenters. The first-order chi connectivity index (χ1) is 8.28. The van der Waals surface area contributed by atoms with Gasteiger partial charge in [-0.1, -0.05) is 0 Å². The van der Waals surface area contributed by atoms with E-state index in [1.165, 1.54) is 0 Å². The average Bonchev–Trinajstić information content (AvgIpc) is 2.86. The number of hydrogen-bond donors (Lipinski definition) is 1. The van der Waals surface area contributed by atoms with E-state index in [-0.39, 0.29) is 0 Å². The summed E-state index contributed by atoms with van der Waals surface area (Å²) >= 11 is 4.07. The molecule has 0 saturated carbocycles. The predicted molar refractivity (Wildman–Crippen MR) is 65.5 cm³/mol. The number of hydrogen-bond acceptors (Lipinski definition) is 6. The second-order valence-electron chi connectivity index (χ2n) is 3.23. The van der Waals surface area contributed by atoms with Crippen molar-refractivity contribution in [3.8, 4) is 23.0 Å². The van der Waals surface area contributed by atoms with Crippen LogP contribution in [0.3, 0.4) is 0 Å². The van der Waals surface area contributed by atoms with E-state index >= 15 is 0 Å². The van der Waals surface area contributed by atoms with Crippen LogP contribution in [0.25, 0.3) is 11.5 Å². The van der Waals surface area contributed by atoms with E-state index in [4.69, 9.17) is 13.9 Å². The molecule has 2 aromatic rings. The van der Waals surface area contributed by atoms with Crippen molar-refractivity contribution < 1.29 is 13.9 Å². The summed E-state index contributed by atoms with van der Waals surface area (Å²) in [5.41, 5.74) is 0.730. The van der Waals surface area contributed by atoms with E-state index < -0.39 is 0 Å². The van der Waals surface area contributed by atoms with Crippen molar-refractivity contribution in [2.24, 2.45) is 0 Å². The molecule has 0 fully saturated rings. The maximum Gasteiger partial charge on any atom is 0.251 e. The minimum absolute atomic E-state index is 0.408. The lowest BCUT2D eigenvalue weighted by atomic mass is 10.2. The number of methoxy groups -OCH3 is 2. The fourth-order valence-electron chi connectivity index (χ4n) is 1.40. The second kappa shape index (κ2) is 5.09. The Morgan fingerprint density at radius 1 is 1.24 bits per heavy atom. The quantitative estimate of drug-likeness (QED) is 0.845. The van der Waals surface area contributed by atoms with E-state index in [2.05, 4.69) is 22.8 Å². The monoisotopic (exact) mass is 252 g/mol. The van der Waals surface area contributed by atoms with Crippen LogP contribution in [0.2, 0.25) is 0 Å². The van der Waals surface area contributed by atoms with Crippen molar-refractivity contribution >= 4 is 12.6 Å². The summed E-state index contributed by atoms with van der Waals surface area (Å²) in [6.45, 7) is 0. The van der Waals surface area contributed by atoms with Crippen LogP contribution in [0.5, 0.6) is 11.5 Å². The molecule has 0 bridgehead atoms. The van der Waals surface area contributed by atoms with Crippen LogP contribution in [-0.4, -0.2) is 24.4 Å². The van der Waals surface area contributed by atoms with Gasteiger partial charge in [-0.2, -0.15) is 12.6 Å². The van der Waals surface area contributed by atoms with Crippen molar-refractivity contribution in [1.29, 1.82) is 0 Å². The van der Waals surface area contributed by atoms with Crippen LogP contribution in [0.1, 0.15) is 5.89 Å². The van der Waals surface area contributed by atoms with Crippen molar-refractivity contribution in [2.45, 2.75) is 5.75 Å². The van der Waals surface area contributed by atoms with E-state index in [9.17, 15) is 0 Å². The number of ether oxygens (including phenoxy) is 2. The van der Waals surface area contributed by atoms with Gasteiger partial charge in [-0.3, -0.25) is 0 Å². The highest BCUT2D eigenvalue weighted by atomic mass is 32.1. The van der Waals surface area contributed by atoms with Gasteiger partial charge in [0.2, 0.25) is 5.89 Å². The molecule has 2 rings (SSSR count). The van der Waals surface area contributed by atoms with Gasteiger partial charge < -0.3 is 13.9 Å². The van der Waals surface area contributed by atoms with Crippen LogP contribution in [-0.2, 0) is 5.75 Å². The Morgan fingerprint density at radius 3 is 2.65 bits per heavy atom. The van der Waals surface area contributed by atoms with Crippen LogP contribution in [0, 0.1) is 0 Å². The molecule has 1 heterocycles. The predicted octanol–water partition coefficient (Wildman–Crippen LogP) is 2.18. The first-order valence-corrected chi connectivity index (χ1v) is 5.57. The fourth-order valence-corrected chi connectivity index (χ4v) is 1.53. The number of benzene rings is 1. The molecule has 17 heavy (non-hydrogen) atoms. The summed E-state index contributed by atoms with van der Waals surface area (Å²) in [5.74, 6) is 2.62. The number of thiol groups is 1. The van der Waals surface area contributed by atoms with Gasteiger partial charge in [0.05, 0.1) is 25.5 Å². The second-order valence-corrected chi connectivity index (χ2v) is 3.54. The van der Waals surface area contributed by atoms with Gasteiger partial charge in [-0.15, -0.1) is 10.2 Å².